The first-order chi connectivity index (χ1) is 6.24. The van der Waals surface area contributed by atoms with E-state index >= 15 is 0 Å². The Labute approximate surface area is 79.3 Å². The molecule has 1 aromatic heterocycles. The minimum atomic E-state index is 0.213. The van der Waals surface area contributed by atoms with Gasteiger partial charge in [0.05, 0.1) is 6.04 Å². The third kappa shape index (κ3) is 3.03. The molecular weight excluding hydrogens is 162 g/mol. The van der Waals surface area contributed by atoms with Gasteiger partial charge in [0, 0.05) is 12.4 Å². The first-order valence-electron chi connectivity index (χ1n) is 4.61. The SMILES string of the molecule is CCNC(C=C(C)C)c1ncc[nH]1. The minimum absolute atomic E-state index is 0.213. The zero-order valence-corrected chi connectivity index (χ0v) is 8.46. The van der Waals surface area contributed by atoms with E-state index in [-0.39, 0.29) is 6.04 Å². The molecule has 0 bridgehead atoms. The lowest BCUT2D eigenvalue weighted by atomic mass is 10.2. The van der Waals surface area contributed by atoms with Crippen LogP contribution in [0.4, 0.5) is 0 Å². The van der Waals surface area contributed by atoms with Crippen molar-refractivity contribution < 1.29 is 0 Å². The third-order valence-corrected chi connectivity index (χ3v) is 1.74. The zero-order valence-electron chi connectivity index (χ0n) is 8.46. The van der Waals surface area contributed by atoms with Gasteiger partial charge in [-0.15, -0.1) is 0 Å². The van der Waals surface area contributed by atoms with E-state index in [0.717, 1.165) is 12.4 Å². The molecule has 0 spiro atoms. The van der Waals surface area contributed by atoms with Gasteiger partial charge in [0.2, 0.25) is 0 Å². The Hall–Kier alpha value is -1.09. The lowest BCUT2D eigenvalue weighted by Gasteiger charge is -2.11. The van der Waals surface area contributed by atoms with Crippen LogP contribution in [0.25, 0.3) is 0 Å². The summed E-state index contributed by atoms with van der Waals surface area (Å²) in [5, 5.41) is 3.35. The van der Waals surface area contributed by atoms with Gasteiger partial charge >= 0.3 is 0 Å². The quantitative estimate of drug-likeness (QED) is 0.694. The van der Waals surface area contributed by atoms with Gasteiger partial charge in [-0.1, -0.05) is 18.6 Å². The number of rotatable bonds is 4. The summed E-state index contributed by atoms with van der Waals surface area (Å²) in [7, 11) is 0. The summed E-state index contributed by atoms with van der Waals surface area (Å²) in [5.41, 5.74) is 1.29. The van der Waals surface area contributed by atoms with Crippen LogP contribution in [0.1, 0.15) is 32.6 Å². The van der Waals surface area contributed by atoms with E-state index < -0.39 is 0 Å². The molecule has 1 atom stereocenters. The van der Waals surface area contributed by atoms with Gasteiger partial charge in [-0.25, -0.2) is 4.98 Å². The summed E-state index contributed by atoms with van der Waals surface area (Å²) in [5.74, 6) is 0.975. The van der Waals surface area contributed by atoms with Gasteiger partial charge in [0.25, 0.3) is 0 Å². The van der Waals surface area contributed by atoms with E-state index in [1.807, 2.05) is 6.20 Å². The monoisotopic (exact) mass is 179 g/mol. The fourth-order valence-electron chi connectivity index (χ4n) is 1.24. The normalized spacial score (nSPS) is 12.5. The maximum Gasteiger partial charge on any atom is 0.127 e. The molecule has 1 aromatic rings. The highest BCUT2D eigenvalue weighted by Crippen LogP contribution is 2.10. The standard InChI is InChI=1S/C10H17N3/c1-4-11-9(7-8(2)3)10-12-5-6-13-10/h5-7,9,11H,4H2,1-3H3,(H,12,13). The van der Waals surface area contributed by atoms with E-state index in [1.54, 1.807) is 6.20 Å². The van der Waals surface area contributed by atoms with Crippen LogP contribution in [0, 0.1) is 0 Å². The largest absolute Gasteiger partial charge is 0.347 e. The molecule has 0 amide bonds. The first-order valence-corrected chi connectivity index (χ1v) is 4.61. The molecule has 3 nitrogen and oxygen atoms in total. The van der Waals surface area contributed by atoms with E-state index in [0.29, 0.717) is 0 Å². The number of H-pyrrole nitrogens is 1. The number of hydrogen-bond donors (Lipinski definition) is 2. The van der Waals surface area contributed by atoms with Crippen molar-refractivity contribution in [3.63, 3.8) is 0 Å². The average Bonchev–Trinajstić information content (AvgIpc) is 2.54. The van der Waals surface area contributed by atoms with Crippen molar-refractivity contribution in [1.82, 2.24) is 15.3 Å². The first kappa shape index (κ1) is 9.99. The summed E-state index contributed by atoms with van der Waals surface area (Å²) >= 11 is 0. The Bertz CT molecular complexity index is 258. The van der Waals surface area contributed by atoms with Gasteiger partial charge < -0.3 is 10.3 Å². The molecule has 0 aliphatic rings. The van der Waals surface area contributed by atoms with E-state index in [2.05, 4.69) is 42.1 Å². The van der Waals surface area contributed by atoms with Crippen LogP contribution in [0.3, 0.4) is 0 Å². The Balaban J connectivity index is 2.74. The number of hydrogen-bond acceptors (Lipinski definition) is 2. The maximum atomic E-state index is 4.23. The maximum absolute atomic E-state index is 4.23. The smallest absolute Gasteiger partial charge is 0.127 e. The molecule has 0 aliphatic carbocycles. The van der Waals surface area contributed by atoms with Gasteiger partial charge in [0.1, 0.15) is 5.82 Å². The lowest BCUT2D eigenvalue weighted by Crippen LogP contribution is -2.20. The predicted molar refractivity (Wildman–Crippen MR) is 54.4 cm³/mol. The molecule has 0 radical (unpaired) electrons. The van der Waals surface area contributed by atoms with Gasteiger partial charge in [-0.3, -0.25) is 0 Å². The molecule has 1 heterocycles. The summed E-state index contributed by atoms with van der Waals surface area (Å²) < 4.78 is 0. The number of aromatic nitrogens is 2. The summed E-state index contributed by atoms with van der Waals surface area (Å²) in [6, 6.07) is 0.213. The third-order valence-electron chi connectivity index (χ3n) is 1.74. The second-order valence-corrected chi connectivity index (χ2v) is 3.25. The molecule has 3 heteroatoms. The molecule has 0 aromatic carbocycles. The molecule has 1 rings (SSSR count). The minimum Gasteiger partial charge on any atom is -0.347 e. The zero-order chi connectivity index (χ0) is 9.68. The van der Waals surface area contributed by atoms with Gasteiger partial charge in [-0.05, 0) is 20.4 Å². The van der Waals surface area contributed by atoms with Crippen LogP contribution in [-0.2, 0) is 0 Å². The van der Waals surface area contributed by atoms with Gasteiger partial charge in [0.15, 0.2) is 0 Å². The molecule has 0 aliphatic heterocycles. The molecule has 13 heavy (non-hydrogen) atoms. The molecular formula is C10H17N3. The molecule has 72 valence electrons. The molecule has 2 N–H and O–H groups in total. The summed E-state index contributed by atoms with van der Waals surface area (Å²) in [6.45, 7) is 7.21. The van der Waals surface area contributed by atoms with Gasteiger partial charge in [-0.2, -0.15) is 0 Å². The van der Waals surface area contributed by atoms with Crippen molar-refractivity contribution in [2.24, 2.45) is 0 Å². The lowest BCUT2D eigenvalue weighted by molar-refractivity contribution is 0.617. The molecule has 1 unspecified atom stereocenters. The number of aromatic amines is 1. The van der Waals surface area contributed by atoms with Crippen LogP contribution in [0.15, 0.2) is 24.0 Å². The highest BCUT2D eigenvalue weighted by Gasteiger charge is 2.07. The molecule has 0 saturated carbocycles. The van der Waals surface area contributed by atoms with Crippen LogP contribution in [-0.4, -0.2) is 16.5 Å². The van der Waals surface area contributed by atoms with E-state index in [9.17, 15) is 0 Å². The number of nitrogens with one attached hydrogen (secondary N) is 2. The van der Waals surface area contributed by atoms with Crippen LogP contribution < -0.4 is 5.32 Å². The molecule has 0 saturated heterocycles. The summed E-state index contributed by atoms with van der Waals surface area (Å²) in [6.07, 6.45) is 5.79. The fraction of sp³-hybridized carbons (Fsp3) is 0.500. The predicted octanol–water partition coefficient (Wildman–Crippen LogP) is 2.03. The number of nitrogens with zero attached hydrogens (tertiary/aromatic N) is 1. The Kier molecular flexibility index (Phi) is 3.71. The van der Waals surface area contributed by atoms with E-state index in [4.69, 9.17) is 0 Å². The Morgan fingerprint density at radius 3 is 2.92 bits per heavy atom. The summed E-state index contributed by atoms with van der Waals surface area (Å²) in [4.78, 5) is 7.33. The topological polar surface area (TPSA) is 40.7 Å². The van der Waals surface area contributed by atoms with Crippen molar-refractivity contribution in [3.05, 3.63) is 29.9 Å². The van der Waals surface area contributed by atoms with Crippen molar-refractivity contribution in [2.75, 3.05) is 6.54 Å². The second-order valence-electron chi connectivity index (χ2n) is 3.25. The second kappa shape index (κ2) is 4.82. The van der Waals surface area contributed by atoms with Crippen LogP contribution in [0.5, 0.6) is 0 Å². The van der Waals surface area contributed by atoms with Crippen LogP contribution >= 0.6 is 0 Å². The molecule has 0 fully saturated rings. The van der Waals surface area contributed by atoms with Crippen LogP contribution in [0.2, 0.25) is 0 Å². The van der Waals surface area contributed by atoms with Crippen molar-refractivity contribution in [1.29, 1.82) is 0 Å². The van der Waals surface area contributed by atoms with Crippen molar-refractivity contribution in [2.45, 2.75) is 26.8 Å². The number of imidazole rings is 1. The highest BCUT2D eigenvalue weighted by atomic mass is 15.0. The Morgan fingerprint density at radius 1 is 1.69 bits per heavy atom. The van der Waals surface area contributed by atoms with E-state index in [1.165, 1.54) is 5.57 Å². The average molecular weight is 179 g/mol. The Morgan fingerprint density at radius 2 is 2.46 bits per heavy atom. The number of likely N-dealkylation sites (N-methyl/N-ethyl adjacent to an activating group) is 1. The van der Waals surface area contributed by atoms with Crippen molar-refractivity contribution >= 4 is 0 Å². The fourth-order valence-corrected chi connectivity index (χ4v) is 1.24. The van der Waals surface area contributed by atoms with Crippen molar-refractivity contribution in [3.8, 4) is 0 Å². The highest BCUT2D eigenvalue weighted by molar-refractivity contribution is 5.09. The number of allylic oxidation sites excluding steroid dienone is 1.